The van der Waals surface area contributed by atoms with Crippen molar-refractivity contribution in [3.05, 3.63) is 0 Å². The summed E-state index contributed by atoms with van der Waals surface area (Å²) in [5, 5.41) is 2.44. The molecule has 1 amide bonds. The Kier molecular flexibility index (Phi) is 1.75. The van der Waals surface area contributed by atoms with E-state index in [1.807, 2.05) is 0 Å². The van der Waals surface area contributed by atoms with E-state index >= 15 is 0 Å². The molecule has 4 heteroatoms. The molecule has 0 aromatic rings. The smallest absolute Gasteiger partial charge is 0.279 e. The topological polar surface area (TPSA) is 46.2 Å². The third-order valence-corrected chi connectivity index (χ3v) is 2.04. The van der Waals surface area contributed by atoms with Crippen LogP contribution in [-0.2, 0) is 4.79 Å². The predicted octanol–water partition coefficient (Wildman–Crippen LogP) is 0.400. The molecule has 0 spiro atoms. The second-order valence-corrected chi connectivity index (χ2v) is 2.90. The van der Waals surface area contributed by atoms with Gasteiger partial charge in [0, 0.05) is 5.75 Å². The predicted molar refractivity (Wildman–Crippen MR) is 35.5 cm³/mol. The minimum absolute atomic E-state index is 0.0355. The van der Waals surface area contributed by atoms with Crippen LogP contribution in [0, 0.1) is 0 Å². The molecular formula is C5H7NO2S. The van der Waals surface area contributed by atoms with E-state index in [1.165, 1.54) is 6.92 Å². The Morgan fingerprint density at radius 1 is 1.89 bits per heavy atom. The number of thioether (sulfide) groups is 1. The Hall–Kier alpha value is -0.510. The van der Waals surface area contributed by atoms with Gasteiger partial charge in [0.1, 0.15) is 0 Å². The van der Waals surface area contributed by atoms with Crippen molar-refractivity contribution < 1.29 is 9.59 Å². The van der Waals surface area contributed by atoms with Crippen LogP contribution in [0.1, 0.15) is 6.92 Å². The molecule has 3 nitrogen and oxygen atoms in total. The molecule has 1 heterocycles. The van der Waals surface area contributed by atoms with E-state index in [-0.39, 0.29) is 17.1 Å². The molecular weight excluding hydrogens is 138 g/mol. The number of amides is 1. The summed E-state index contributed by atoms with van der Waals surface area (Å²) in [6.45, 7) is 1.48. The van der Waals surface area contributed by atoms with Crippen molar-refractivity contribution in [1.82, 2.24) is 5.32 Å². The van der Waals surface area contributed by atoms with Crippen LogP contribution in [0.25, 0.3) is 0 Å². The van der Waals surface area contributed by atoms with Crippen LogP contribution in [0.15, 0.2) is 0 Å². The summed E-state index contributed by atoms with van der Waals surface area (Å²) < 4.78 is 0. The normalized spacial score (nSPS) is 25.9. The standard InChI is InChI=1S/C5H7NO2S/c1-3(7)4-2-9-5(8)6-4/h4H,2H2,1H3,(H,6,8). The second kappa shape index (κ2) is 2.39. The SMILES string of the molecule is CC(=O)C1CSC(=O)N1. The molecule has 1 aliphatic heterocycles. The molecule has 0 bridgehead atoms. The zero-order valence-electron chi connectivity index (χ0n) is 5.01. The van der Waals surface area contributed by atoms with Gasteiger partial charge in [-0.1, -0.05) is 11.8 Å². The van der Waals surface area contributed by atoms with Crippen LogP contribution < -0.4 is 5.32 Å². The van der Waals surface area contributed by atoms with Crippen molar-refractivity contribution in [3.8, 4) is 0 Å². The molecule has 0 saturated carbocycles. The van der Waals surface area contributed by atoms with Crippen LogP contribution in [0.5, 0.6) is 0 Å². The average Bonchev–Trinajstić information content (AvgIpc) is 2.14. The van der Waals surface area contributed by atoms with Crippen molar-refractivity contribution in [2.45, 2.75) is 13.0 Å². The Bertz CT molecular complexity index is 157. The monoisotopic (exact) mass is 145 g/mol. The van der Waals surface area contributed by atoms with Gasteiger partial charge in [0.25, 0.3) is 5.24 Å². The summed E-state index contributed by atoms with van der Waals surface area (Å²) >= 11 is 1.16. The van der Waals surface area contributed by atoms with Crippen molar-refractivity contribution in [2.24, 2.45) is 0 Å². The van der Waals surface area contributed by atoms with E-state index in [4.69, 9.17) is 0 Å². The van der Waals surface area contributed by atoms with E-state index in [0.717, 1.165) is 11.8 Å². The molecule has 9 heavy (non-hydrogen) atoms. The first kappa shape index (κ1) is 6.61. The number of hydrogen-bond donors (Lipinski definition) is 1. The van der Waals surface area contributed by atoms with Crippen LogP contribution in [0.4, 0.5) is 4.79 Å². The number of Topliss-reactive ketones (excluding diaryl/α,β-unsaturated/α-hetero) is 1. The molecule has 0 aromatic carbocycles. The van der Waals surface area contributed by atoms with Crippen LogP contribution in [-0.4, -0.2) is 22.8 Å². The molecule has 1 fully saturated rings. The summed E-state index contributed by atoms with van der Waals surface area (Å²) in [7, 11) is 0. The van der Waals surface area contributed by atoms with E-state index in [9.17, 15) is 9.59 Å². The number of ketones is 1. The maximum atomic E-state index is 10.6. The first-order valence-corrected chi connectivity index (χ1v) is 3.62. The highest BCUT2D eigenvalue weighted by molar-refractivity contribution is 8.14. The summed E-state index contributed by atoms with van der Waals surface area (Å²) in [6.07, 6.45) is 0. The van der Waals surface area contributed by atoms with Crippen LogP contribution >= 0.6 is 11.8 Å². The summed E-state index contributed by atoms with van der Waals surface area (Å²) in [5.41, 5.74) is 0. The number of carbonyl (C=O) groups excluding carboxylic acids is 2. The third-order valence-electron chi connectivity index (χ3n) is 1.16. The number of nitrogens with one attached hydrogen (secondary N) is 1. The maximum absolute atomic E-state index is 10.6. The van der Waals surface area contributed by atoms with Gasteiger partial charge in [-0.05, 0) is 6.92 Å². The minimum Gasteiger partial charge on any atom is -0.336 e. The summed E-state index contributed by atoms with van der Waals surface area (Å²) in [4.78, 5) is 21.0. The van der Waals surface area contributed by atoms with E-state index in [1.54, 1.807) is 0 Å². The fourth-order valence-electron chi connectivity index (χ4n) is 0.604. The highest BCUT2D eigenvalue weighted by Gasteiger charge is 2.24. The number of carbonyl (C=O) groups is 2. The van der Waals surface area contributed by atoms with Crippen molar-refractivity contribution in [3.63, 3.8) is 0 Å². The van der Waals surface area contributed by atoms with Gasteiger partial charge in [-0.3, -0.25) is 9.59 Å². The molecule has 1 saturated heterocycles. The quantitative estimate of drug-likeness (QED) is 0.581. The fourth-order valence-corrected chi connectivity index (χ4v) is 1.47. The van der Waals surface area contributed by atoms with Gasteiger partial charge < -0.3 is 5.32 Å². The van der Waals surface area contributed by atoms with Gasteiger partial charge in [-0.25, -0.2) is 0 Å². The van der Waals surface area contributed by atoms with E-state index in [0.29, 0.717) is 5.75 Å². The lowest BCUT2D eigenvalue weighted by Gasteiger charge is -2.00. The van der Waals surface area contributed by atoms with Crippen molar-refractivity contribution in [1.29, 1.82) is 0 Å². The van der Waals surface area contributed by atoms with Gasteiger partial charge >= 0.3 is 0 Å². The molecule has 1 rings (SSSR count). The van der Waals surface area contributed by atoms with E-state index < -0.39 is 0 Å². The fraction of sp³-hybridized carbons (Fsp3) is 0.600. The molecule has 1 N–H and O–H groups in total. The molecule has 1 atom stereocenters. The molecule has 0 radical (unpaired) electrons. The van der Waals surface area contributed by atoms with Crippen LogP contribution in [0.2, 0.25) is 0 Å². The lowest BCUT2D eigenvalue weighted by molar-refractivity contribution is -0.118. The minimum atomic E-state index is -0.234. The highest BCUT2D eigenvalue weighted by Crippen LogP contribution is 2.12. The molecule has 1 aliphatic rings. The van der Waals surface area contributed by atoms with Gasteiger partial charge in [0.05, 0.1) is 6.04 Å². The van der Waals surface area contributed by atoms with Gasteiger partial charge in [0.2, 0.25) is 0 Å². The largest absolute Gasteiger partial charge is 0.336 e. The Morgan fingerprint density at radius 3 is 2.78 bits per heavy atom. The third kappa shape index (κ3) is 1.45. The number of rotatable bonds is 1. The Morgan fingerprint density at radius 2 is 2.56 bits per heavy atom. The first-order chi connectivity index (χ1) is 4.20. The second-order valence-electron chi connectivity index (χ2n) is 1.91. The summed E-state index contributed by atoms with van der Waals surface area (Å²) in [5.74, 6) is 0.627. The van der Waals surface area contributed by atoms with E-state index in [2.05, 4.69) is 5.32 Å². The Balaban J connectivity index is 2.48. The zero-order chi connectivity index (χ0) is 6.85. The van der Waals surface area contributed by atoms with Gasteiger partial charge in [-0.15, -0.1) is 0 Å². The lowest BCUT2D eigenvalue weighted by atomic mass is 10.2. The first-order valence-electron chi connectivity index (χ1n) is 2.64. The lowest BCUT2D eigenvalue weighted by Crippen LogP contribution is -2.32. The zero-order valence-corrected chi connectivity index (χ0v) is 5.83. The molecule has 50 valence electrons. The average molecular weight is 145 g/mol. The molecule has 0 aromatic heterocycles. The van der Waals surface area contributed by atoms with Gasteiger partial charge in [0.15, 0.2) is 5.78 Å². The van der Waals surface area contributed by atoms with Crippen molar-refractivity contribution >= 4 is 22.8 Å². The number of hydrogen-bond acceptors (Lipinski definition) is 3. The maximum Gasteiger partial charge on any atom is 0.279 e. The Labute approximate surface area is 57.2 Å². The van der Waals surface area contributed by atoms with Crippen LogP contribution in [0.3, 0.4) is 0 Å². The highest BCUT2D eigenvalue weighted by atomic mass is 32.2. The molecule has 1 unspecified atom stereocenters. The van der Waals surface area contributed by atoms with Crippen molar-refractivity contribution in [2.75, 3.05) is 5.75 Å². The van der Waals surface area contributed by atoms with Gasteiger partial charge in [-0.2, -0.15) is 0 Å². The molecule has 0 aliphatic carbocycles. The summed E-state index contributed by atoms with van der Waals surface area (Å²) in [6, 6.07) is -0.234.